The molecule has 2 aromatic heterocycles. The summed E-state index contributed by atoms with van der Waals surface area (Å²) in [6.45, 7) is 3.05. The summed E-state index contributed by atoms with van der Waals surface area (Å²) in [5, 5.41) is 17.3. The number of carbonyl (C=O) groups is 2. The number of anilines is 1. The van der Waals surface area contributed by atoms with Crippen LogP contribution in [0.4, 0.5) is 18.9 Å². The van der Waals surface area contributed by atoms with Crippen LogP contribution in [0.15, 0.2) is 30.6 Å². The predicted octanol–water partition coefficient (Wildman–Crippen LogP) is 1.60. The molecule has 0 spiro atoms. The van der Waals surface area contributed by atoms with Crippen molar-refractivity contribution >= 4 is 17.6 Å². The standard InChI is InChI=1S/C13H17N5O.C2HF3O2/c1-10-8-12(18(2)17-10)13(19)16-7-6-15-11-4-3-5-14-9-11;3-2(4,5)1(6)7/h3-5,8-9,15H,6-7H2,1-2H3,(H,16,19);(H,6,7). The van der Waals surface area contributed by atoms with Gasteiger partial charge in [0.05, 0.1) is 11.4 Å². The van der Waals surface area contributed by atoms with Crippen molar-refractivity contribution in [1.82, 2.24) is 20.1 Å². The minimum Gasteiger partial charge on any atom is -0.475 e. The number of aromatic nitrogens is 3. The zero-order valence-electron chi connectivity index (χ0n) is 14.0. The fourth-order valence-electron chi connectivity index (χ4n) is 1.76. The lowest BCUT2D eigenvalue weighted by atomic mass is 10.3. The van der Waals surface area contributed by atoms with E-state index in [1.165, 1.54) is 0 Å². The molecule has 0 aliphatic rings. The van der Waals surface area contributed by atoms with Crippen molar-refractivity contribution < 1.29 is 27.9 Å². The summed E-state index contributed by atoms with van der Waals surface area (Å²) in [6, 6.07) is 5.56. The normalized spacial score (nSPS) is 10.5. The predicted molar refractivity (Wildman–Crippen MR) is 86.7 cm³/mol. The van der Waals surface area contributed by atoms with Gasteiger partial charge in [-0.3, -0.25) is 14.5 Å². The molecule has 0 aliphatic carbocycles. The van der Waals surface area contributed by atoms with Gasteiger partial charge in [-0.25, -0.2) is 4.79 Å². The molecule has 2 heterocycles. The van der Waals surface area contributed by atoms with Crippen molar-refractivity contribution in [2.24, 2.45) is 7.05 Å². The molecule has 0 unspecified atom stereocenters. The summed E-state index contributed by atoms with van der Waals surface area (Å²) in [7, 11) is 1.76. The van der Waals surface area contributed by atoms with Gasteiger partial charge in [-0.15, -0.1) is 0 Å². The molecule has 26 heavy (non-hydrogen) atoms. The number of halogens is 3. The maximum Gasteiger partial charge on any atom is 0.490 e. The highest BCUT2D eigenvalue weighted by Gasteiger charge is 2.38. The number of carboxylic acids is 1. The quantitative estimate of drug-likeness (QED) is 0.687. The van der Waals surface area contributed by atoms with Crippen LogP contribution in [0.5, 0.6) is 0 Å². The van der Waals surface area contributed by atoms with Gasteiger partial charge in [0.25, 0.3) is 5.91 Å². The maximum absolute atomic E-state index is 11.9. The highest BCUT2D eigenvalue weighted by Crippen LogP contribution is 2.13. The zero-order valence-corrected chi connectivity index (χ0v) is 14.0. The van der Waals surface area contributed by atoms with Crippen molar-refractivity contribution in [2.45, 2.75) is 13.1 Å². The number of carboxylic acid groups (broad SMARTS) is 1. The maximum atomic E-state index is 11.9. The van der Waals surface area contributed by atoms with Crippen LogP contribution >= 0.6 is 0 Å². The number of pyridine rings is 1. The third-order valence-corrected chi connectivity index (χ3v) is 2.88. The SMILES string of the molecule is Cc1cc(C(=O)NCCNc2cccnc2)n(C)n1.O=C(O)C(F)(F)F. The van der Waals surface area contributed by atoms with E-state index in [4.69, 9.17) is 9.90 Å². The van der Waals surface area contributed by atoms with Crippen molar-refractivity contribution in [3.05, 3.63) is 42.0 Å². The molecule has 0 radical (unpaired) electrons. The van der Waals surface area contributed by atoms with Gasteiger partial charge in [0.1, 0.15) is 5.69 Å². The average Bonchev–Trinajstić information content (AvgIpc) is 2.90. The molecule has 0 saturated carbocycles. The largest absolute Gasteiger partial charge is 0.490 e. The Morgan fingerprint density at radius 2 is 1.96 bits per heavy atom. The van der Waals surface area contributed by atoms with Gasteiger partial charge in [0, 0.05) is 32.5 Å². The number of alkyl halides is 3. The highest BCUT2D eigenvalue weighted by molar-refractivity contribution is 5.92. The lowest BCUT2D eigenvalue weighted by Gasteiger charge is -2.07. The van der Waals surface area contributed by atoms with Crippen molar-refractivity contribution in [2.75, 3.05) is 18.4 Å². The van der Waals surface area contributed by atoms with Crippen LogP contribution in [0.2, 0.25) is 0 Å². The first kappa shape index (κ1) is 20.9. The number of carbonyl (C=O) groups excluding carboxylic acids is 1. The van der Waals surface area contributed by atoms with Crippen molar-refractivity contribution in [3.63, 3.8) is 0 Å². The van der Waals surface area contributed by atoms with Gasteiger partial charge in [0.2, 0.25) is 0 Å². The number of hydrogen-bond acceptors (Lipinski definition) is 5. The number of aliphatic carboxylic acids is 1. The first-order chi connectivity index (χ1) is 12.1. The monoisotopic (exact) mass is 373 g/mol. The second-order valence-corrected chi connectivity index (χ2v) is 5.02. The summed E-state index contributed by atoms with van der Waals surface area (Å²) < 4.78 is 33.3. The lowest BCUT2D eigenvalue weighted by molar-refractivity contribution is -0.192. The van der Waals surface area contributed by atoms with Crippen LogP contribution in [-0.2, 0) is 11.8 Å². The molecular formula is C15H18F3N5O3. The van der Waals surface area contributed by atoms with E-state index in [2.05, 4.69) is 20.7 Å². The third kappa shape index (κ3) is 7.20. The van der Waals surface area contributed by atoms with Gasteiger partial charge in [-0.1, -0.05) is 0 Å². The smallest absolute Gasteiger partial charge is 0.475 e. The van der Waals surface area contributed by atoms with Crippen LogP contribution in [0.25, 0.3) is 0 Å². The molecule has 3 N–H and O–H groups in total. The second-order valence-electron chi connectivity index (χ2n) is 5.02. The Balaban J connectivity index is 0.000000412. The Morgan fingerprint density at radius 3 is 2.42 bits per heavy atom. The Labute approximate surface area is 147 Å². The first-order valence-electron chi connectivity index (χ1n) is 7.34. The second kappa shape index (κ2) is 9.39. The minimum absolute atomic E-state index is 0.115. The van der Waals surface area contributed by atoms with Crippen molar-refractivity contribution in [3.8, 4) is 0 Å². The van der Waals surface area contributed by atoms with Gasteiger partial charge in [-0.05, 0) is 25.1 Å². The summed E-state index contributed by atoms with van der Waals surface area (Å²) in [5.74, 6) is -2.87. The number of hydrogen-bond donors (Lipinski definition) is 3. The number of nitrogens with one attached hydrogen (secondary N) is 2. The van der Waals surface area contributed by atoms with E-state index >= 15 is 0 Å². The van der Waals surface area contributed by atoms with E-state index < -0.39 is 12.1 Å². The first-order valence-corrected chi connectivity index (χ1v) is 7.34. The molecule has 2 rings (SSSR count). The number of amides is 1. The molecule has 0 saturated heterocycles. The number of rotatable bonds is 5. The Hall–Kier alpha value is -3.11. The molecule has 0 bridgehead atoms. The molecule has 0 aromatic carbocycles. The molecule has 2 aromatic rings. The summed E-state index contributed by atoms with van der Waals surface area (Å²) in [5.41, 5.74) is 2.34. The minimum atomic E-state index is -5.08. The zero-order chi connectivity index (χ0) is 19.7. The van der Waals surface area contributed by atoms with Gasteiger partial charge in [0.15, 0.2) is 0 Å². The Kier molecular flexibility index (Phi) is 7.56. The van der Waals surface area contributed by atoms with Crippen LogP contribution in [0, 0.1) is 6.92 Å². The fraction of sp³-hybridized carbons (Fsp3) is 0.333. The topological polar surface area (TPSA) is 109 Å². The van der Waals surface area contributed by atoms with Crippen LogP contribution in [0.1, 0.15) is 16.2 Å². The van der Waals surface area contributed by atoms with E-state index in [0.717, 1.165) is 11.4 Å². The summed E-state index contributed by atoms with van der Waals surface area (Å²) in [6.07, 6.45) is -1.62. The van der Waals surface area contributed by atoms with E-state index in [9.17, 15) is 18.0 Å². The van der Waals surface area contributed by atoms with Gasteiger partial charge in [-0.2, -0.15) is 18.3 Å². The summed E-state index contributed by atoms with van der Waals surface area (Å²) in [4.78, 5) is 24.8. The molecule has 1 amide bonds. The molecule has 0 atom stereocenters. The third-order valence-electron chi connectivity index (χ3n) is 2.88. The Bertz CT molecular complexity index is 732. The number of nitrogens with zero attached hydrogens (tertiary/aromatic N) is 3. The molecule has 8 nitrogen and oxygen atoms in total. The molecule has 11 heteroatoms. The molecule has 142 valence electrons. The van der Waals surface area contributed by atoms with Gasteiger partial charge >= 0.3 is 12.1 Å². The van der Waals surface area contributed by atoms with E-state index in [0.29, 0.717) is 18.8 Å². The van der Waals surface area contributed by atoms with Crippen LogP contribution < -0.4 is 10.6 Å². The van der Waals surface area contributed by atoms with E-state index in [1.807, 2.05) is 19.1 Å². The molecule has 0 aliphatic heterocycles. The van der Waals surface area contributed by atoms with E-state index in [-0.39, 0.29) is 5.91 Å². The van der Waals surface area contributed by atoms with Gasteiger partial charge < -0.3 is 15.7 Å². The van der Waals surface area contributed by atoms with Crippen LogP contribution in [0.3, 0.4) is 0 Å². The van der Waals surface area contributed by atoms with Crippen LogP contribution in [-0.4, -0.2) is 51.0 Å². The van der Waals surface area contributed by atoms with E-state index in [1.54, 1.807) is 30.2 Å². The fourth-order valence-corrected chi connectivity index (χ4v) is 1.76. The number of aryl methyl sites for hydroxylation is 2. The van der Waals surface area contributed by atoms with Crippen molar-refractivity contribution in [1.29, 1.82) is 0 Å². The Morgan fingerprint density at radius 1 is 1.31 bits per heavy atom. The molecular weight excluding hydrogens is 355 g/mol. The molecule has 0 fully saturated rings. The highest BCUT2D eigenvalue weighted by atomic mass is 19.4. The summed E-state index contributed by atoms with van der Waals surface area (Å²) >= 11 is 0. The average molecular weight is 373 g/mol. The lowest BCUT2D eigenvalue weighted by Crippen LogP contribution is -2.30.